The highest BCUT2D eigenvalue weighted by molar-refractivity contribution is 5.80. The normalized spacial score (nSPS) is 27.0. The molecule has 0 aliphatic carbocycles. The predicted octanol–water partition coefficient (Wildman–Crippen LogP) is 2.56. The quantitative estimate of drug-likeness (QED) is 0.759. The van der Waals surface area contributed by atoms with Gasteiger partial charge in [0.05, 0.1) is 20.1 Å². The van der Waals surface area contributed by atoms with Gasteiger partial charge in [0.2, 0.25) is 5.91 Å². The number of nitrogens with zero attached hydrogens (tertiary/aromatic N) is 2. The zero-order valence-corrected chi connectivity index (χ0v) is 20.2. The van der Waals surface area contributed by atoms with E-state index in [1.807, 2.05) is 13.8 Å². The molecule has 4 N–H and O–H groups in total. The Morgan fingerprint density at radius 2 is 1.74 bits per heavy atom. The van der Waals surface area contributed by atoms with Crippen molar-refractivity contribution >= 4 is 5.91 Å². The van der Waals surface area contributed by atoms with Crippen LogP contribution >= 0.6 is 0 Å². The number of likely N-dealkylation sites (tertiary alicyclic amines) is 1. The van der Waals surface area contributed by atoms with Gasteiger partial charge in [-0.25, -0.2) is 0 Å². The lowest BCUT2D eigenvalue weighted by Gasteiger charge is -2.46. The zero-order valence-electron chi connectivity index (χ0n) is 20.2. The van der Waals surface area contributed by atoms with Gasteiger partial charge >= 0.3 is 0 Å². The largest absolute Gasteiger partial charge is 0.493 e. The number of carbonyl (C=O) groups excluding carboxylic acids is 1. The Balaban J connectivity index is 0.000000807. The first-order chi connectivity index (χ1) is 15.0. The minimum absolute atomic E-state index is 0.0940. The average molecular weight is 435 g/mol. The van der Waals surface area contributed by atoms with Crippen molar-refractivity contribution < 1.29 is 14.3 Å². The van der Waals surface area contributed by atoms with E-state index in [1.165, 1.54) is 18.2 Å². The van der Waals surface area contributed by atoms with Gasteiger partial charge in [0.1, 0.15) is 0 Å². The van der Waals surface area contributed by atoms with Crippen LogP contribution in [0.15, 0.2) is 12.1 Å². The standard InChI is InChI=1S/C21H31N3O3.C2H6.CH5N/c1-13-5-4-7-24(13)21(25)16-12-23-8-6-14-9-19(26-2)20(27-3)10-15(14)18(23)11-17(16)22;2*1-2/h9-10,13,16-18H,4-8,11-12,22H2,1-3H3;1-2H3;2H2,1H3. The topological polar surface area (TPSA) is 94.0 Å². The number of rotatable bonds is 3. The van der Waals surface area contributed by atoms with E-state index >= 15 is 0 Å². The Kier molecular flexibility index (Phi) is 9.59. The summed E-state index contributed by atoms with van der Waals surface area (Å²) in [5.74, 6) is 1.70. The molecule has 0 aromatic heterocycles. The highest BCUT2D eigenvalue weighted by Crippen LogP contribution is 2.42. The summed E-state index contributed by atoms with van der Waals surface area (Å²) >= 11 is 0. The third-order valence-corrected chi connectivity index (χ3v) is 6.71. The Bertz CT molecular complexity index is 727. The molecule has 4 rings (SSSR count). The summed E-state index contributed by atoms with van der Waals surface area (Å²) in [6, 6.07) is 4.69. The lowest BCUT2D eigenvalue weighted by Crippen LogP contribution is -2.56. The highest BCUT2D eigenvalue weighted by Gasteiger charge is 2.43. The first-order valence-electron chi connectivity index (χ1n) is 11.7. The minimum Gasteiger partial charge on any atom is -0.493 e. The van der Waals surface area contributed by atoms with Crippen LogP contribution in [0.3, 0.4) is 0 Å². The highest BCUT2D eigenvalue weighted by atomic mass is 16.5. The number of nitrogens with two attached hydrogens (primary N) is 2. The number of benzene rings is 1. The van der Waals surface area contributed by atoms with Crippen LogP contribution in [0.2, 0.25) is 0 Å². The van der Waals surface area contributed by atoms with Gasteiger partial charge in [-0.05, 0) is 62.9 Å². The molecule has 4 atom stereocenters. The molecule has 0 radical (unpaired) electrons. The molecule has 1 aromatic rings. The Labute approximate surface area is 188 Å². The van der Waals surface area contributed by atoms with Crippen molar-refractivity contribution in [2.75, 3.05) is 40.9 Å². The second kappa shape index (κ2) is 11.7. The van der Waals surface area contributed by atoms with E-state index in [-0.39, 0.29) is 23.9 Å². The van der Waals surface area contributed by atoms with Crippen LogP contribution in [0.25, 0.3) is 0 Å². The van der Waals surface area contributed by atoms with Crippen LogP contribution in [-0.4, -0.2) is 68.7 Å². The molecule has 0 saturated carbocycles. The number of carbonyl (C=O) groups is 1. The van der Waals surface area contributed by atoms with E-state index in [0.717, 1.165) is 56.8 Å². The molecule has 3 heterocycles. The van der Waals surface area contributed by atoms with Crippen LogP contribution in [0.4, 0.5) is 0 Å². The third kappa shape index (κ3) is 5.16. The van der Waals surface area contributed by atoms with Gasteiger partial charge in [-0.1, -0.05) is 13.8 Å². The molecule has 3 aliphatic heterocycles. The monoisotopic (exact) mass is 434 g/mol. The van der Waals surface area contributed by atoms with Crippen molar-refractivity contribution in [3.05, 3.63) is 23.3 Å². The number of methoxy groups -OCH3 is 2. The fourth-order valence-electron chi connectivity index (χ4n) is 5.12. The second-order valence-electron chi connectivity index (χ2n) is 8.20. The third-order valence-electron chi connectivity index (χ3n) is 6.71. The van der Waals surface area contributed by atoms with Gasteiger partial charge in [-0.3, -0.25) is 9.69 Å². The van der Waals surface area contributed by atoms with Crippen LogP contribution in [0, 0.1) is 5.92 Å². The van der Waals surface area contributed by atoms with Crippen LogP contribution in [-0.2, 0) is 11.2 Å². The molecule has 4 unspecified atom stereocenters. The molecule has 176 valence electrons. The summed E-state index contributed by atoms with van der Waals surface area (Å²) in [5, 5.41) is 0. The summed E-state index contributed by atoms with van der Waals surface area (Å²) < 4.78 is 11.0. The molecule has 1 amide bonds. The second-order valence-corrected chi connectivity index (χ2v) is 8.20. The SMILES string of the molecule is CC.CN.COc1cc2c(cc1OC)C1CC(N)C(C(=O)N3CCCC3C)CN1CC2. The van der Waals surface area contributed by atoms with E-state index in [2.05, 4.69) is 34.6 Å². The number of amides is 1. The van der Waals surface area contributed by atoms with Gasteiger partial charge < -0.3 is 25.8 Å². The summed E-state index contributed by atoms with van der Waals surface area (Å²) in [4.78, 5) is 17.6. The average Bonchev–Trinajstić information content (AvgIpc) is 3.25. The minimum atomic E-state index is -0.106. The predicted molar refractivity (Wildman–Crippen MR) is 126 cm³/mol. The Morgan fingerprint density at radius 3 is 2.32 bits per heavy atom. The molecule has 31 heavy (non-hydrogen) atoms. The first-order valence-corrected chi connectivity index (χ1v) is 11.7. The van der Waals surface area contributed by atoms with Crippen molar-refractivity contribution in [1.82, 2.24) is 9.80 Å². The maximum Gasteiger partial charge on any atom is 0.228 e. The van der Waals surface area contributed by atoms with Gasteiger partial charge in [0.25, 0.3) is 0 Å². The maximum absolute atomic E-state index is 13.1. The lowest BCUT2D eigenvalue weighted by atomic mass is 9.80. The van der Waals surface area contributed by atoms with Crippen LogP contribution in [0.1, 0.15) is 57.2 Å². The van der Waals surface area contributed by atoms with Crippen molar-refractivity contribution in [2.45, 2.75) is 64.6 Å². The number of fused-ring (bicyclic) bond motifs is 3. The zero-order chi connectivity index (χ0) is 23.1. The Morgan fingerprint density at radius 1 is 1.10 bits per heavy atom. The maximum atomic E-state index is 13.1. The van der Waals surface area contributed by atoms with Gasteiger partial charge in [0.15, 0.2) is 11.5 Å². The molecule has 7 nitrogen and oxygen atoms in total. The number of hydrogen-bond acceptors (Lipinski definition) is 6. The van der Waals surface area contributed by atoms with E-state index in [0.29, 0.717) is 6.04 Å². The van der Waals surface area contributed by atoms with Gasteiger partial charge in [0, 0.05) is 37.8 Å². The van der Waals surface area contributed by atoms with E-state index < -0.39 is 0 Å². The number of ether oxygens (including phenoxy) is 2. The van der Waals surface area contributed by atoms with Crippen molar-refractivity contribution in [1.29, 1.82) is 0 Å². The molecular formula is C24H42N4O3. The smallest absolute Gasteiger partial charge is 0.228 e. The summed E-state index contributed by atoms with van der Waals surface area (Å²) in [6.07, 6.45) is 3.98. The van der Waals surface area contributed by atoms with Crippen LogP contribution in [0.5, 0.6) is 11.5 Å². The molecule has 7 heteroatoms. The first kappa shape index (κ1) is 25.4. The molecular weight excluding hydrogens is 392 g/mol. The molecule has 2 fully saturated rings. The van der Waals surface area contributed by atoms with Crippen molar-refractivity contribution in [2.24, 2.45) is 17.4 Å². The summed E-state index contributed by atoms with van der Waals surface area (Å²) in [6.45, 7) is 8.74. The lowest BCUT2D eigenvalue weighted by molar-refractivity contribution is -0.139. The molecule has 0 bridgehead atoms. The summed E-state index contributed by atoms with van der Waals surface area (Å²) in [5.41, 5.74) is 13.6. The van der Waals surface area contributed by atoms with Crippen molar-refractivity contribution in [3.63, 3.8) is 0 Å². The van der Waals surface area contributed by atoms with E-state index in [1.54, 1.807) is 14.2 Å². The molecule has 2 saturated heterocycles. The molecule has 0 spiro atoms. The molecule has 3 aliphatic rings. The summed E-state index contributed by atoms with van der Waals surface area (Å²) in [7, 11) is 4.84. The fraction of sp³-hybridized carbons (Fsp3) is 0.708. The van der Waals surface area contributed by atoms with Gasteiger partial charge in [-0.15, -0.1) is 0 Å². The van der Waals surface area contributed by atoms with Crippen LogP contribution < -0.4 is 20.9 Å². The van der Waals surface area contributed by atoms with Crippen molar-refractivity contribution in [3.8, 4) is 11.5 Å². The van der Waals surface area contributed by atoms with Gasteiger partial charge in [-0.2, -0.15) is 0 Å². The fourth-order valence-corrected chi connectivity index (χ4v) is 5.12. The number of piperidine rings is 1. The number of hydrogen-bond donors (Lipinski definition) is 2. The molecule has 1 aromatic carbocycles. The Hall–Kier alpha value is -1.83. The van der Waals surface area contributed by atoms with E-state index in [9.17, 15) is 4.79 Å². The van der Waals surface area contributed by atoms with E-state index in [4.69, 9.17) is 15.2 Å².